The topological polar surface area (TPSA) is 72.5 Å². The average Bonchev–Trinajstić information content (AvgIpc) is 2.61. The van der Waals surface area contributed by atoms with E-state index in [4.69, 9.17) is 0 Å². The Morgan fingerprint density at radius 3 is 2.04 bits per heavy atom. The number of hydrogen-bond donors (Lipinski definition) is 1. The van der Waals surface area contributed by atoms with Gasteiger partial charge in [-0.1, -0.05) is 51.9 Å². The van der Waals surface area contributed by atoms with E-state index in [1.807, 2.05) is 0 Å². The number of ether oxygens (including phenoxy) is 1. The van der Waals surface area contributed by atoms with Crippen LogP contribution in [-0.4, -0.2) is 30.8 Å². The first-order chi connectivity index (χ1) is 12.5. The van der Waals surface area contributed by atoms with E-state index in [1.165, 1.54) is 26.4 Å². The number of unbranched alkanes of at least 4 members (excludes halogenated alkanes) is 7. The van der Waals surface area contributed by atoms with Crippen LogP contribution in [0.5, 0.6) is 0 Å². The Morgan fingerprint density at radius 2 is 1.42 bits per heavy atom. The third kappa shape index (κ3) is 16.1. The standard InChI is InChI=1S/C21H39NO4/c1-4-5-6-10-13-19(22-18(2)23)16-17-20(24)14-11-8-7-9-12-15-21(25)26-3/h19H,4-17H2,1-3H3,(H,22,23). The predicted molar refractivity (Wildman–Crippen MR) is 105 cm³/mol. The van der Waals surface area contributed by atoms with Crippen molar-refractivity contribution in [2.45, 2.75) is 110 Å². The predicted octanol–water partition coefficient (Wildman–Crippen LogP) is 4.71. The van der Waals surface area contributed by atoms with Gasteiger partial charge in [-0.25, -0.2) is 0 Å². The van der Waals surface area contributed by atoms with Gasteiger partial charge >= 0.3 is 5.97 Å². The van der Waals surface area contributed by atoms with Crippen molar-refractivity contribution in [1.29, 1.82) is 0 Å². The molecule has 0 bridgehead atoms. The number of rotatable bonds is 17. The van der Waals surface area contributed by atoms with Gasteiger partial charge in [-0.2, -0.15) is 0 Å². The summed E-state index contributed by atoms with van der Waals surface area (Å²) in [5.41, 5.74) is 0. The largest absolute Gasteiger partial charge is 0.469 e. The van der Waals surface area contributed by atoms with Crippen molar-refractivity contribution < 1.29 is 19.1 Å². The van der Waals surface area contributed by atoms with Gasteiger partial charge in [0.25, 0.3) is 0 Å². The van der Waals surface area contributed by atoms with Crippen LogP contribution in [0.3, 0.4) is 0 Å². The first-order valence-electron chi connectivity index (χ1n) is 10.3. The minimum absolute atomic E-state index is 0.00936. The molecule has 5 heteroatoms. The summed E-state index contributed by atoms with van der Waals surface area (Å²) in [5, 5.41) is 2.99. The average molecular weight is 370 g/mol. The molecule has 0 radical (unpaired) electrons. The number of carbonyl (C=O) groups is 3. The van der Waals surface area contributed by atoms with Gasteiger partial charge in [-0.3, -0.25) is 14.4 Å². The van der Waals surface area contributed by atoms with E-state index in [1.54, 1.807) is 6.92 Å². The van der Waals surface area contributed by atoms with Crippen LogP contribution in [0, 0.1) is 0 Å². The number of amides is 1. The molecule has 0 aromatic rings. The summed E-state index contributed by atoms with van der Waals surface area (Å²) >= 11 is 0. The molecule has 5 nitrogen and oxygen atoms in total. The maximum atomic E-state index is 12.1. The lowest BCUT2D eigenvalue weighted by Gasteiger charge is -2.17. The van der Waals surface area contributed by atoms with E-state index in [0.717, 1.165) is 51.4 Å². The highest BCUT2D eigenvalue weighted by molar-refractivity contribution is 5.78. The number of esters is 1. The summed E-state index contributed by atoms with van der Waals surface area (Å²) in [6, 6.07) is 0.131. The first-order valence-corrected chi connectivity index (χ1v) is 10.3. The van der Waals surface area contributed by atoms with E-state index in [9.17, 15) is 14.4 Å². The zero-order valence-corrected chi connectivity index (χ0v) is 17.1. The fraction of sp³-hybridized carbons (Fsp3) is 0.857. The zero-order valence-electron chi connectivity index (χ0n) is 17.1. The molecule has 1 atom stereocenters. The second-order valence-electron chi connectivity index (χ2n) is 7.17. The van der Waals surface area contributed by atoms with Crippen molar-refractivity contribution in [2.24, 2.45) is 0 Å². The van der Waals surface area contributed by atoms with E-state index in [-0.39, 0.29) is 17.9 Å². The first kappa shape index (κ1) is 24.6. The molecule has 0 saturated heterocycles. The number of Topliss-reactive ketones (excluding diaryl/α,β-unsaturated/α-hetero) is 1. The second-order valence-corrected chi connectivity index (χ2v) is 7.17. The van der Waals surface area contributed by atoms with Gasteiger partial charge < -0.3 is 10.1 Å². The Hall–Kier alpha value is -1.39. The summed E-state index contributed by atoms with van der Waals surface area (Å²) in [5.74, 6) is 0.136. The molecule has 1 unspecified atom stereocenters. The maximum Gasteiger partial charge on any atom is 0.305 e. The van der Waals surface area contributed by atoms with Gasteiger partial charge in [0.05, 0.1) is 7.11 Å². The normalized spacial score (nSPS) is 11.8. The molecule has 0 heterocycles. The molecule has 0 aliphatic heterocycles. The van der Waals surface area contributed by atoms with Crippen molar-refractivity contribution in [3.63, 3.8) is 0 Å². The minimum Gasteiger partial charge on any atom is -0.469 e. The Bertz CT molecular complexity index is 395. The van der Waals surface area contributed by atoms with Crippen LogP contribution in [0.25, 0.3) is 0 Å². The lowest BCUT2D eigenvalue weighted by atomic mass is 9.99. The summed E-state index contributed by atoms with van der Waals surface area (Å²) in [6.45, 7) is 3.73. The smallest absolute Gasteiger partial charge is 0.305 e. The summed E-state index contributed by atoms with van der Waals surface area (Å²) in [6.07, 6.45) is 13.0. The highest BCUT2D eigenvalue weighted by Crippen LogP contribution is 2.13. The molecule has 0 aromatic heterocycles. The highest BCUT2D eigenvalue weighted by Gasteiger charge is 2.12. The Morgan fingerprint density at radius 1 is 0.808 bits per heavy atom. The van der Waals surface area contributed by atoms with Gasteiger partial charge in [0.15, 0.2) is 0 Å². The number of methoxy groups -OCH3 is 1. The van der Waals surface area contributed by atoms with Crippen molar-refractivity contribution in [2.75, 3.05) is 7.11 Å². The lowest BCUT2D eigenvalue weighted by Crippen LogP contribution is -2.33. The lowest BCUT2D eigenvalue weighted by molar-refractivity contribution is -0.140. The number of hydrogen-bond acceptors (Lipinski definition) is 4. The number of carbonyl (C=O) groups excluding carboxylic acids is 3. The maximum absolute atomic E-state index is 12.1. The monoisotopic (exact) mass is 369 g/mol. The van der Waals surface area contributed by atoms with E-state index >= 15 is 0 Å². The third-order valence-electron chi connectivity index (χ3n) is 4.65. The number of nitrogens with one attached hydrogen (secondary N) is 1. The Kier molecular flexibility index (Phi) is 16.1. The summed E-state index contributed by atoms with van der Waals surface area (Å²) < 4.78 is 4.61. The molecule has 152 valence electrons. The molecule has 26 heavy (non-hydrogen) atoms. The molecule has 0 saturated carbocycles. The molecule has 1 amide bonds. The summed E-state index contributed by atoms with van der Waals surface area (Å²) in [4.78, 5) is 34.4. The van der Waals surface area contributed by atoms with Crippen molar-refractivity contribution >= 4 is 17.7 Å². The fourth-order valence-electron chi connectivity index (χ4n) is 3.08. The van der Waals surface area contributed by atoms with Crippen molar-refractivity contribution in [1.82, 2.24) is 5.32 Å². The highest BCUT2D eigenvalue weighted by atomic mass is 16.5. The molecule has 1 N–H and O–H groups in total. The Balaban J connectivity index is 3.77. The molecular formula is C21H39NO4. The summed E-state index contributed by atoms with van der Waals surface area (Å²) in [7, 11) is 1.41. The van der Waals surface area contributed by atoms with Crippen LogP contribution in [0.1, 0.15) is 104 Å². The van der Waals surface area contributed by atoms with E-state index in [0.29, 0.717) is 25.0 Å². The molecular weight excluding hydrogens is 330 g/mol. The van der Waals surface area contributed by atoms with Crippen LogP contribution in [0.2, 0.25) is 0 Å². The van der Waals surface area contributed by atoms with Gasteiger partial charge in [0.2, 0.25) is 5.91 Å². The van der Waals surface area contributed by atoms with Crippen LogP contribution < -0.4 is 5.32 Å². The molecule has 0 spiro atoms. The van der Waals surface area contributed by atoms with Crippen LogP contribution in [0.4, 0.5) is 0 Å². The van der Waals surface area contributed by atoms with Gasteiger partial charge in [-0.05, 0) is 25.7 Å². The van der Waals surface area contributed by atoms with Gasteiger partial charge in [0.1, 0.15) is 5.78 Å². The van der Waals surface area contributed by atoms with Crippen LogP contribution in [0.15, 0.2) is 0 Å². The fourth-order valence-corrected chi connectivity index (χ4v) is 3.08. The second kappa shape index (κ2) is 17.0. The SMILES string of the molecule is CCCCCCC(CCC(=O)CCCCCCCC(=O)OC)NC(C)=O. The van der Waals surface area contributed by atoms with Crippen LogP contribution >= 0.6 is 0 Å². The molecule has 0 aliphatic rings. The van der Waals surface area contributed by atoms with Crippen LogP contribution in [-0.2, 0) is 19.1 Å². The molecule has 0 aromatic carbocycles. The van der Waals surface area contributed by atoms with Gasteiger partial charge in [-0.15, -0.1) is 0 Å². The quantitative estimate of drug-likeness (QED) is 0.297. The number of ketones is 1. The minimum atomic E-state index is -0.149. The third-order valence-corrected chi connectivity index (χ3v) is 4.65. The molecule has 0 aliphatic carbocycles. The Labute approximate surface area is 159 Å². The molecule has 0 fully saturated rings. The molecule has 0 rings (SSSR count). The van der Waals surface area contributed by atoms with E-state index < -0.39 is 0 Å². The van der Waals surface area contributed by atoms with E-state index in [2.05, 4.69) is 17.0 Å². The van der Waals surface area contributed by atoms with Crippen molar-refractivity contribution in [3.05, 3.63) is 0 Å². The van der Waals surface area contributed by atoms with Crippen molar-refractivity contribution in [3.8, 4) is 0 Å². The van der Waals surface area contributed by atoms with Gasteiger partial charge in [0, 0.05) is 32.2 Å². The zero-order chi connectivity index (χ0) is 19.6.